The molecule has 0 N–H and O–H groups in total. The second kappa shape index (κ2) is 7.47. The molecule has 0 heterocycles. The number of hydrogen-bond donors (Lipinski definition) is 0. The van der Waals surface area contributed by atoms with E-state index in [1.54, 1.807) is 11.9 Å². The molecule has 0 radical (unpaired) electrons. The summed E-state index contributed by atoms with van der Waals surface area (Å²) in [5, 5.41) is -0.412. The van der Waals surface area contributed by atoms with E-state index in [0.29, 0.717) is 19.3 Å². The highest BCUT2D eigenvalue weighted by Crippen LogP contribution is 2.27. The van der Waals surface area contributed by atoms with Crippen LogP contribution in [-0.4, -0.2) is 43.8 Å². The average molecular weight is 337 g/mol. The van der Waals surface area contributed by atoms with Gasteiger partial charge in [-0.2, -0.15) is 0 Å². The Labute approximate surface area is 139 Å². The van der Waals surface area contributed by atoms with Crippen molar-refractivity contribution >= 4 is 15.7 Å². The van der Waals surface area contributed by atoms with E-state index in [2.05, 4.69) is 0 Å². The fourth-order valence-corrected chi connectivity index (χ4v) is 4.87. The Morgan fingerprint density at radius 1 is 1.17 bits per heavy atom. The summed E-state index contributed by atoms with van der Waals surface area (Å²) >= 11 is 0. The highest BCUT2D eigenvalue weighted by Gasteiger charge is 2.36. The van der Waals surface area contributed by atoms with Gasteiger partial charge in [0.05, 0.1) is 5.25 Å². The fourth-order valence-electron chi connectivity index (χ4n) is 3.39. The number of aryl methyl sites for hydroxylation is 2. The molecule has 2 unspecified atom stereocenters. The highest BCUT2D eigenvalue weighted by molar-refractivity contribution is 7.91. The number of nitrogens with zero attached hydrogens (tertiary/aromatic N) is 1. The lowest BCUT2D eigenvalue weighted by Gasteiger charge is -2.37. The standard InChI is InChI=1S/C18H27NO3S/c1-14-8-10-15(11-9-14)12-13-18(20)19(2)16-6-4-5-7-17(16)23(3,21)22/h8-11,16-17H,4-7,12-13H2,1-3H3. The van der Waals surface area contributed by atoms with E-state index >= 15 is 0 Å². The van der Waals surface area contributed by atoms with Crippen molar-refractivity contribution in [3.05, 3.63) is 35.4 Å². The summed E-state index contributed by atoms with van der Waals surface area (Å²) in [6, 6.07) is 8.00. The summed E-state index contributed by atoms with van der Waals surface area (Å²) in [7, 11) is -1.36. The SMILES string of the molecule is Cc1ccc(CCC(=O)N(C)C2CCCCC2S(C)(=O)=O)cc1. The Hall–Kier alpha value is -1.36. The van der Waals surface area contributed by atoms with E-state index in [1.807, 2.05) is 31.2 Å². The van der Waals surface area contributed by atoms with Crippen LogP contribution in [0.3, 0.4) is 0 Å². The van der Waals surface area contributed by atoms with Crippen molar-refractivity contribution in [3.8, 4) is 0 Å². The molecule has 1 aromatic rings. The van der Waals surface area contributed by atoms with Gasteiger partial charge in [-0.05, 0) is 31.7 Å². The fraction of sp³-hybridized carbons (Fsp3) is 0.611. The number of sulfone groups is 1. The predicted octanol–water partition coefficient (Wildman–Crippen LogP) is 2.74. The lowest BCUT2D eigenvalue weighted by Crippen LogP contribution is -2.49. The van der Waals surface area contributed by atoms with Gasteiger partial charge in [-0.1, -0.05) is 42.7 Å². The lowest BCUT2D eigenvalue weighted by molar-refractivity contribution is -0.132. The Bertz CT molecular complexity index is 637. The molecule has 5 heteroatoms. The van der Waals surface area contributed by atoms with Crippen LogP contribution in [0.5, 0.6) is 0 Å². The van der Waals surface area contributed by atoms with E-state index in [-0.39, 0.29) is 11.9 Å². The monoisotopic (exact) mass is 337 g/mol. The maximum atomic E-state index is 12.5. The number of carbonyl (C=O) groups is 1. The summed E-state index contributed by atoms with van der Waals surface area (Å²) in [6.45, 7) is 2.04. The Kier molecular flexibility index (Phi) is 5.84. The van der Waals surface area contributed by atoms with Crippen molar-refractivity contribution in [2.45, 2.75) is 56.7 Å². The molecule has 1 saturated carbocycles. The summed E-state index contributed by atoms with van der Waals surface area (Å²) < 4.78 is 24.0. The minimum absolute atomic E-state index is 0.0334. The normalized spacial score (nSPS) is 21.9. The molecule has 1 amide bonds. The maximum Gasteiger partial charge on any atom is 0.222 e. The third-order valence-electron chi connectivity index (χ3n) is 4.86. The quantitative estimate of drug-likeness (QED) is 0.830. The molecule has 4 nitrogen and oxygen atoms in total. The van der Waals surface area contributed by atoms with Crippen LogP contribution in [0, 0.1) is 6.92 Å². The van der Waals surface area contributed by atoms with E-state index in [9.17, 15) is 13.2 Å². The molecular formula is C18H27NO3S. The summed E-state index contributed by atoms with van der Waals surface area (Å²) in [5.41, 5.74) is 2.34. The third-order valence-corrected chi connectivity index (χ3v) is 6.51. The molecule has 1 aliphatic rings. The molecule has 0 aliphatic heterocycles. The van der Waals surface area contributed by atoms with Crippen LogP contribution < -0.4 is 0 Å². The van der Waals surface area contributed by atoms with Gasteiger partial charge in [0.1, 0.15) is 0 Å². The van der Waals surface area contributed by atoms with Crippen LogP contribution >= 0.6 is 0 Å². The van der Waals surface area contributed by atoms with Gasteiger partial charge in [0, 0.05) is 25.8 Å². The van der Waals surface area contributed by atoms with Gasteiger partial charge >= 0.3 is 0 Å². The number of carbonyl (C=O) groups excluding carboxylic acids is 1. The van der Waals surface area contributed by atoms with Gasteiger partial charge < -0.3 is 4.90 Å². The Balaban J connectivity index is 1.98. The largest absolute Gasteiger partial charge is 0.341 e. The van der Waals surface area contributed by atoms with E-state index < -0.39 is 15.1 Å². The average Bonchev–Trinajstić information content (AvgIpc) is 2.52. The molecule has 128 valence electrons. The molecule has 0 saturated heterocycles. The van der Waals surface area contributed by atoms with Crippen molar-refractivity contribution in [3.63, 3.8) is 0 Å². The third kappa shape index (κ3) is 4.80. The first kappa shape index (κ1) is 18.0. The smallest absolute Gasteiger partial charge is 0.222 e. The Morgan fingerprint density at radius 3 is 2.39 bits per heavy atom. The number of amides is 1. The molecule has 0 spiro atoms. The van der Waals surface area contributed by atoms with Crippen LogP contribution in [0.2, 0.25) is 0 Å². The number of benzene rings is 1. The zero-order valence-electron chi connectivity index (χ0n) is 14.3. The van der Waals surface area contributed by atoms with Crippen molar-refractivity contribution < 1.29 is 13.2 Å². The van der Waals surface area contributed by atoms with Gasteiger partial charge in [-0.15, -0.1) is 0 Å². The zero-order chi connectivity index (χ0) is 17.0. The van der Waals surface area contributed by atoms with Gasteiger partial charge in [-0.3, -0.25) is 4.79 Å². The van der Waals surface area contributed by atoms with Crippen molar-refractivity contribution in [1.29, 1.82) is 0 Å². The molecule has 1 fully saturated rings. The van der Waals surface area contributed by atoms with Crippen LogP contribution in [0.4, 0.5) is 0 Å². The summed E-state index contributed by atoms with van der Waals surface area (Å²) in [4.78, 5) is 14.2. The van der Waals surface area contributed by atoms with Crippen LogP contribution in [0.15, 0.2) is 24.3 Å². The molecule has 2 rings (SSSR count). The summed E-state index contributed by atoms with van der Waals surface area (Å²) in [6.07, 6.45) is 5.78. The van der Waals surface area contributed by atoms with Gasteiger partial charge in [0.15, 0.2) is 9.84 Å². The second-order valence-electron chi connectivity index (χ2n) is 6.71. The van der Waals surface area contributed by atoms with Crippen LogP contribution in [-0.2, 0) is 21.1 Å². The first-order chi connectivity index (χ1) is 10.8. The summed E-state index contributed by atoms with van der Waals surface area (Å²) in [5.74, 6) is 0.0334. The first-order valence-corrected chi connectivity index (χ1v) is 10.2. The minimum atomic E-state index is -3.12. The lowest BCUT2D eigenvalue weighted by atomic mass is 9.93. The number of rotatable bonds is 5. The molecular weight excluding hydrogens is 310 g/mol. The number of hydrogen-bond acceptors (Lipinski definition) is 3. The van der Waals surface area contributed by atoms with Gasteiger partial charge in [-0.25, -0.2) is 8.42 Å². The van der Waals surface area contributed by atoms with Crippen LogP contribution in [0.1, 0.15) is 43.2 Å². The molecule has 1 aromatic carbocycles. The molecule has 23 heavy (non-hydrogen) atoms. The molecule has 0 aromatic heterocycles. The first-order valence-electron chi connectivity index (χ1n) is 8.29. The second-order valence-corrected chi connectivity index (χ2v) is 8.97. The van der Waals surface area contributed by atoms with Crippen molar-refractivity contribution in [2.24, 2.45) is 0 Å². The van der Waals surface area contributed by atoms with E-state index in [1.165, 1.54) is 11.8 Å². The van der Waals surface area contributed by atoms with E-state index in [4.69, 9.17) is 0 Å². The Morgan fingerprint density at radius 2 is 1.78 bits per heavy atom. The van der Waals surface area contributed by atoms with Gasteiger partial charge in [0.25, 0.3) is 0 Å². The maximum absolute atomic E-state index is 12.5. The van der Waals surface area contributed by atoms with Crippen LogP contribution in [0.25, 0.3) is 0 Å². The molecule has 2 atom stereocenters. The van der Waals surface area contributed by atoms with Gasteiger partial charge in [0.2, 0.25) is 5.91 Å². The molecule has 0 bridgehead atoms. The molecule has 1 aliphatic carbocycles. The predicted molar refractivity (Wildman–Crippen MR) is 93.2 cm³/mol. The van der Waals surface area contributed by atoms with Crippen molar-refractivity contribution in [2.75, 3.05) is 13.3 Å². The minimum Gasteiger partial charge on any atom is -0.341 e. The topological polar surface area (TPSA) is 54.5 Å². The van der Waals surface area contributed by atoms with E-state index in [0.717, 1.165) is 24.8 Å². The highest BCUT2D eigenvalue weighted by atomic mass is 32.2. The van der Waals surface area contributed by atoms with Crippen molar-refractivity contribution in [1.82, 2.24) is 4.90 Å². The zero-order valence-corrected chi connectivity index (χ0v) is 15.1.